The van der Waals surface area contributed by atoms with Crippen molar-refractivity contribution < 1.29 is 4.79 Å². The SMILES string of the molecule is Cc1cc(C(=O)c2cc(N3CCC(n4c(=O)[nH]c5ncccc54)CC3)ncn2)cc2[pH]c(=O)[nH]c12. The van der Waals surface area contributed by atoms with Crippen molar-refractivity contribution in [2.75, 3.05) is 18.0 Å². The number of nitrogens with one attached hydrogen (secondary N) is 2. The van der Waals surface area contributed by atoms with Crippen molar-refractivity contribution in [3.8, 4) is 0 Å². The number of H-pyrrole nitrogens is 2. The van der Waals surface area contributed by atoms with Crippen LogP contribution in [0.1, 0.15) is 40.5 Å². The number of pyridine rings is 1. The Balaban J connectivity index is 1.23. The minimum absolute atomic E-state index is 0.00460. The van der Waals surface area contributed by atoms with Gasteiger partial charge in [0.05, 0.1) is 11.0 Å². The van der Waals surface area contributed by atoms with Crippen molar-refractivity contribution in [1.29, 1.82) is 0 Å². The van der Waals surface area contributed by atoms with E-state index in [4.69, 9.17) is 0 Å². The second-order valence-electron chi connectivity index (χ2n) is 8.77. The molecule has 35 heavy (non-hydrogen) atoms. The molecular weight excluding hydrogens is 465 g/mol. The molecule has 0 radical (unpaired) electrons. The number of anilines is 1. The van der Waals surface area contributed by atoms with Crippen LogP contribution in [0.4, 0.5) is 5.82 Å². The fourth-order valence-electron chi connectivity index (χ4n) is 4.92. The molecule has 1 aromatic carbocycles. The number of ketones is 1. The highest BCUT2D eigenvalue weighted by atomic mass is 31.0. The molecule has 5 aromatic rings. The van der Waals surface area contributed by atoms with Crippen molar-refractivity contribution in [2.45, 2.75) is 25.8 Å². The number of rotatable bonds is 4. The Kier molecular flexibility index (Phi) is 5.11. The summed E-state index contributed by atoms with van der Waals surface area (Å²) >= 11 is 0. The van der Waals surface area contributed by atoms with Gasteiger partial charge in [0.15, 0.2) is 5.65 Å². The molecule has 0 bridgehead atoms. The molecule has 0 aliphatic carbocycles. The Labute approximate surface area is 200 Å². The smallest absolute Gasteiger partial charge is 0.327 e. The third-order valence-electron chi connectivity index (χ3n) is 6.61. The second-order valence-corrected chi connectivity index (χ2v) is 10.0. The lowest BCUT2D eigenvalue weighted by Crippen LogP contribution is -2.37. The summed E-state index contributed by atoms with van der Waals surface area (Å²) in [6.45, 7) is 3.28. The molecule has 1 aliphatic heterocycles. The molecular formula is C24H22N7O3P. The predicted octanol–water partition coefficient (Wildman–Crippen LogP) is 2.77. The van der Waals surface area contributed by atoms with Gasteiger partial charge in [-0.25, -0.2) is 19.7 Å². The number of aryl methyl sites for hydroxylation is 1. The number of carbonyl (C=O) groups is 1. The summed E-state index contributed by atoms with van der Waals surface area (Å²) in [4.78, 5) is 58.2. The molecule has 10 nitrogen and oxygen atoms in total. The van der Waals surface area contributed by atoms with Gasteiger partial charge in [-0.05, 0) is 49.6 Å². The Bertz CT molecular complexity index is 1710. The Hall–Kier alpha value is -4.04. The molecule has 2 N–H and O–H groups in total. The normalized spacial score (nSPS) is 14.9. The lowest BCUT2D eigenvalue weighted by Gasteiger charge is -2.33. The number of hydrogen-bond acceptors (Lipinski definition) is 7. The number of aromatic amines is 2. The minimum Gasteiger partial charge on any atom is -0.356 e. The summed E-state index contributed by atoms with van der Waals surface area (Å²) in [6, 6.07) is 9.09. The maximum absolute atomic E-state index is 13.2. The number of nitrogens with zero attached hydrogens (tertiary/aromatic N) is 5. The quantitative estimate of drug-likeness (QED) is 0.373. The molecule has 1 fully saturated rings. The molecule has 1 aliphatic rings. The number of benzene rings is 1. The summed E-state index contributed by atoms with van der Waals surface area (Å²) in [5.74, 6) is 0.489. The van der Waals surface area contributed by atoms with Gasteiger partial charge in [0, 0.05) is 42.1 Å². The van der Waals surface area contributed by atoms with E-state index in [1.54, 1.807) is 29.0 Å². The Morgan fingerprint density at radius 2 is 1.91 bits per heavy atom. The highest BCUT2D eigenvalue weighted by Crippen LogP contribution is 2.28. The zero-order valence-electron chi connectivity index (χ0n) is 18.9. The molecule has 5 heterocycles. The average Bonchev–Trinajstić information content (AvgIpc) is 3.42. The van der Waals surface area contributed by atoms with E-state index in [1.165, 1.54) is 6.33 Å². The van der Waals surface area contributed by atoms with E-state index in [0.29, 0.717) is 35.8 Å². The van der Waals surface area contributed by atoms with E-state index in [1.807, 2.05) is 19.1 Å². The van der Waals surface area contributed by atoms with Crippen molar-refractivity contribution in [2.24, 2.45) is 0 Å². The largest absolute Gasteiger partial charge is 0.356 e. The van der Waals surface area contributed by atoms with E-state index in [9.17, 15) is 14.4 Å². The number of hydrogen-bond donors (Lipinski definition) is 2. The first-order valence-electron chi connectivity index (χ1n) is 11.4. The third-order valence-corrected chi connectivity index (χ3v) is 7.63. The van der Waals surface area contributed by atoms with Crippen molar-refractivity contribution >= 4 is 41.6 Å². The van der Waals surface area contributed by atoms with Crippen LogP contribution in [0, 0.1) is 6.92 Å². The molecule has 176 valence electrons. The van der Waals surface area contributed by atoms with Crippen LogP contribution in [-0.2, 0) is 0 Å². The summed E-state index contributed by atoms with van der Waals surface area (Å²) in [7, 11) is 0.00460. The van der Waals surface area contributed by atoms with Crippen molar-refractivity contribution in [1.82, 2.24) is 29.5 Å². The Morgan fingerprint density at radius 3 is 2.74 bits per heavy atom. The zero-order valence-corrected chi connectivity index (χ0v) is 19.9. The molecule has 0 saturated carbocycles. The van der Waals surface area contributed by atoms with Crippen LogP contribution in [0.3, 0.4) is 0 Å². The third kappa shape index (κ3) is 3.76. The van der Waals surface area contributed by atoms with Crippen LogP contribution in [0.5, 0.6) is 0 Å². The van der Waals surface area contributed by atoms with Crippen LogP contribution < -0.4 is 15.9 Å². The van der Waals surface area contributed by atoms with Gasteiger partial charge in [0.1, 0.15) is 17.8 Å². The fourth-order valence-corrected chi connectivity index (χ4v) is 5.96. The van der Waals surface area contributed by atoms with Gasteiger partial charge >= 0.3 is 5.69 Å². The van der Waals surface area contributed by atoms with E-state index in [2.05, 4.69) is 29.8 Å². The van der Waals surface area contributed by atoms with Gasteiger partial charge in [-0.1, -0.05) is 8.19 Å². The molecule has 0 amide bonds. The van der Waals surface area contributed by atoms with E-state index in [-0.39, 0.29) is 31.0 Å². The number of imidazole rings is 1. The average molecular weight is 487 g/mol. The van der Waals surface area contributed by atoms with Gasteiger partial charge in [0.25, 0.3) is 5.29 Å². The molecule has 0 spiro atoms. The standard InChI is InChI=1S/C24H22N7O3P/c1-13-9-14(10-18-20(13)28-24(34)35-18)21(32)16-11-19(27-12-26-16)30-7-4-15(5-8-30)31-17-3-2-6-25-22(17)29-23(31)33/h2-3,6,9-12,15,35H,4-5,7-8H2,1H3,(H,28,34)(H,25,29,33). The highest BCUT2D eigenvalue weighted by molar-refractivity contribution is 7.35. The van der Waals surface area contributed by atoms with E-state index < -0.39 is 0 Å². The molecule has 1 atom stereocenters. The molecule has 1 unspecified atom stereocenters. The van der Waals surface area contributed by atoms with Gasteiger partial charge in [-0.15, -0.1) is 0 Å². The molecule has 11 heteroatoms. The highest BCUT2D eigenvalue weighted by Gasteiger charge is 2.25. The zero-order chi connectivity index (χ0) is 24.1. The van der Waals surface area contributed by atoms with E-state index >= 15 is 0 Å². The topological polar surface area (TPSA) is 130 Å². The van der Waals surface area contributed by atoms with Crippen molar-refractivity contribution in [3.05, 3.63) is 80.2 Å². The van der Waals surface area contributed by atoms with Crippen LogP contribution in [0.15, 0.2) is 52.4 Å². The second kappa shape index (κ2) is 8.32. The lowest BCUT2D eigenvalue weighted by atomic mass is 10.0. The van der Waals surface area contributed by atoms with Gasteiger partial charge in [-0.2, -0.15) is 0 Å². The monoisotopic (exact) mass is 487 g/mol. The first-order chi connectivity index (χ1) is 17.0. The summed E-state index contributed by atoms with van der Waals surface area (Å²) in [5.41, 5.74) is 3.77. The van der Waals surface area contributed by atoms with Crippen LogP contribution in [0.2, 0.25) is 0 Å². The lowest BCUT2D eigenvalue weighted by molar-refractivity contribution is 0.103. The Morgan fingerprint density at radius 1 is 1.09 bits per heavy atom. The van der Waals surface area contributed by atoms with Gasteiger partial charge in [0.2, 0.25) is 5.78 Å². The fraction of sp³-hybridized carbons (Fsp3) is 0.250. The molecule has 1 saturated heterocycles. The minimum atomic E-state index is -0.198. The first kappa shape index (κ1) is 21.5. The molecule has 4 aromatic heterocycles. The summed E-state index contributed by atoms with van der Waals surface area (Å²) in [5, 5.41) is 0.823. The maximum atomic E-state index is 13.2. The predicted molar refractivity (Wildman–Crippen MR) is 135 cm³/mol. The number of piperidine rings is 1. The van der Waals surface area contributed by atoms with E-state index in [0.717, 1.165) is 34.6 Å². The van der Waals surface area contributed by atoms with Crippen LogP contribution in [0.25, 0.3) is 21.8 Å². The summed E-state index contributed by atoms with van der Waals surface area (Å²) < 4.78 is 1.80. The molecule has 6 rings (SSSR count). The summed E-state index contributed by atoms with van der Waals surface area (Å²) in [6.07, 6.45) is 4.61. The number of carbonyl (C=O) groups excluding carboxylic acids is 1. The van der Waals surface area contributed by atoms with Gasteiger partial charge < -0.3 is 9.88 Å². The first-order valence-corrected chi connectivity index (χ1v) is 12.4. The van der Waals surface area contributed by atoms with Gasteiger partial charge in [-0.3, -0.25) is 19.1 Å². The van der Waals surface area contributed by atoms with Crippen molar-refractivity contribution in [3.63, 3.8) is 0 Å². The maximum Gasteiger partial charge on any atom is 0.327 e. The number of fused-ring (bicyclic) bond motifs is 2. The number of aromatic nitrogens is 6. The van der Waals surface area contributed by atoms with Crippen LogP contribution in [-0.4, -0.2) is 48.4 Å². The van der Waals surface area contributed by atoms with Crippen LogP contribution >= 0.6 is 8.19 Å².